The van der Waals surface area contributed by atoms with E-state index in [4.69, 9.17) is 4.42 Å². The van der Waals surface area contributed by atoms with Gasteiger partial charge in [-0.25, -0.2) is 13.2 Å². The van der Waals surface area contributed by atoms with Gasteiger partial charge >= 0.3 is 0 Å². The third kappa shape index (κ3) is 4.55. The fourth-order valence-corrected chi connectivity index (χ4v) is 4.13. The topological polar surface area (TPSA) is 76.2 Å². The minimum atomic E-state index is -1.63. The van der Waals surface area contributed by atoms with Crippen molar-refractivity contribution in [3.8, 4) is 0 Å². The Morgan fingerprint density at radius 2 is 1.97 bits per heavy atom. The average molecular weight is 451 g/mol. The van der Waals surface area contributed by atoms with Crippen molar-refractivity contribution in [2.45, 2.75) is 36.7 Å². The number of carbonyl (C=O) groups excluding carboxylic acids is 1. The standard InChI is InChI=1S/C20H20F3N5O2S/c1-12(18(29)24-15-7-6-14(21)16(22)17(15)23)31-20-26-25-19(27-8-2-3-9-27)28(20)11-13-5-4-10-30-13/h4-7,10,12H,2-3,8-9,11H2,1H3,(H,24,29). The van der Waals surface area contributed by atoms with Crippen LogP contribution < -0.4 is 10.2 Å². The lowest BCUT2D eigenvalue weighted by Crippen LogP contribution is -2.25. The van der Waals surface area contributed by atoms with Gasteiger partial charge in [0.2, 0.25) is 11.9 Å². The second kappa shape index (κ2) is 9.04. The summed E-state index contributed by atoms with van der Waals surface area (Å²) >= 11 is 1.13. The van der Waals surface area contributed by atoms with Crippen LogP contribution in [0.1, 0.15) is 25.5 Å². The molecular formula is C20H20F3N5O2S. The van der Waals surface area contributed by atoms with Crippen LogP contribution in [0.5, 0.6) is 0 Å². The van der Waals surface area contributed by atoms with Gasteiger partial charge in [-0.2, -0.15) is 0 Å². The predicted molar refractivity (Wildman–Crippen MR) is 110 cm³/mol. The highest BCUT2D eigenvalue weighted by molar-refractivity contribution is 8.00. The Hall–Kier alpha value is -2.95. The van der Waals surface area contributed by atoms with E-state index in [1.165, 1.54) is 0 Å². The summed E-state index contributed by atoms with van der Waals surface area (Å²) in [6, 6.07) is 5.36. The molecule has 11 heteroatoms. The molecule has 1 unspecified atom stereocenters. The van der Waals surface area contributed by atoms with Crippen LogP contribution in [-0.2, 0) is 11.3 Å². The van der Waals surface area contributed by atoms with E-state index in [-0.39, 0.29) is 0 Å². The van der Waals surface area contributed by atoms with Gasteiger partial charge in [-0.15, -0.1) is 10.2 Å². The molecule has 1 aliphatic rings. The van der Waals surface area contributed by atoms with Gasteiger partial charge in [-0.1, -0.05) is 11.8 Å². The molecule has 0 saturated carbocycles. The highest BCUT2D eigenvalue weighted by atomic mass is 32.2. The molecule has 164 valence electrons. The molecule has 4 rings (SSSR count). The first-order chi connectivity index (χ1) is 14.9. The van der Waals surface area contributed by atoms with E-state index >= 15 is 0 Å². The van der Waals surface area contributed by atoms with E-state index in [0.29, 0.717) is 23.4 Å². The number of halogens is 3. The lowest BCUT2D eigenvalue weighted by molar-refractivity contribution is -0.115. The number of amides is 1. The van der Waals surface area contributed by atoms with E-state index < -0.39 is 34.3 Å². The molecule has 1 amide bonds. The largest absolute Gasteiger partial charge is 0.467 e. The van der Waals surface area contributed by atoms with E-state index in [0.717, 1.165) is 49.8 Å². The van der Waals surface area contributed by atoms with Crippen LogP contribution in [0.25, 0.3) is 0 Å². The molecule has 1 atom stereocenters. The first-order valence-electron chi connectivity index (χ1n) is 9.75. The number of anilines is 2. The summed E-state index contributed by atoms with van der Waals surface area (Å²) in [4.78, 5) is 14.7. The highest BCUT2D eigenvalue weighted by Gasteiger charge is 2.25. The smallest absolute Gasteiger partial charge is 0.237 e. The van der Waals surface area contributed by atoms with Gasteiger partial charge in [0.15, 0.2) is 22.6 Å². The van der Waals surface area contributed by atoms with Crippen molar-refractivity contribution in [3.63, 3.8) is 0 Å². The third-order valence-electron chi connectivity index (χ3n) is 4.92. The number of carbonyl (C=O) groups is 1. The van der Waals surface area contributed by atoms with Crippen molar-refractivity contribution in [2.24, 2.45) is 0 Å². The van der Waals surface area contributed by atoms with Gasteiger partial charge in [-0.3, -0.25) is 9.36 Å². The minimum Gasteiger partial charge on any atom is -0.467 e. The Morgan fingerprint density at radius 1 is 1.19 bits per heavy atom. The molecule has 1 saturated heterocycles. The summed E-state index contributed by atoms with van der Waals surface area (Å²) in [6.45, 7) is 3.73. The SMILES string of the molecule is CC(Sc1nnc(N2CCCC2)n1Cc1ccco1)C(=O)Nc1ccc(F)c(F)c1F. The number of furan rings is 1. The van der Waals surface area contributed by atoms with Gasteiger partial charge in [0.1, 0.15) is 5.76 Å². The monoisotopic (exact) mass is 451 g/mol. The normalized spacial score (nSPS) is 14.8. The first kappa shape index (κ1) is 21.3. The van der Waals surface area contributed by atoms with Gasteiger partial charge in [0.25, 0.3) is 0 Å². The zero-order chi connectivity index (χ0) is 22.0. The van der Waals surface area contributed by atoms with Crippen LogP contribution in [0.3, 0.4) is 0 Å². The van der Waals surface area contributed by atoms with E-state index in [2.05, 4.69) is 20.4 Å². The summed E-state index contributed by atoms with van der Waals surface area (Å²) in [5, 5.41) is 10.6. The summed E-state index contributed by atoms with van der Waals surface area (Å²) in [5.74, 6) is -3.57. The maximum atomic E-state index is 13.9. The van der Waals surface area contributed by atoms with Crippen molar-refractivity contribution >= 4 is 29.3 Å². The van der Waals surface area contributed by atoms with Gasteiger partial charge in [0.05, 0.1) is 23.7 Å². The number of hydrogen-bond acceptors (Lipinski definition) is 6. The van der Waals surface area contributed by atoms with Crippen molar-refractivity contribution in [2.75, 3.05) is 23.3 Å². The first-order valence-corrected chi connectivity index (χ1v) is 10.6. The Morgan fingerprint density at radius 3 is 2.68 bits per heavy atom. The number of nitrogens with one attached hydrogen (secondary N) is 1. The minimum absolute atomic E-state index is 0.389. The number of aromatic nitrogens is 3. The quantitative estimate of drug-likeness (QED) is 0.431. The van der Waals surface area contributed by atoms with Crippen LogP contribution in [0.15, 0.2) is 40.1 Å². The molecule has 7 nitrogen and oxygen atoms in total. The number of benzene rings is 1. The predicted octanol–water partition coefficient (Wildman–Crippen LogP) is 4.06. The van der Waals surface area contributed by atoms with Crippen LogP contribution in [-0.4, -0.2) is 39.0 Å². The molecule has 0 aliphatic carbocycles. The van der Waals surface area contributed by atoms with Crippen molar-refractivity contribution in [1.29, 1.82) is 0 Å². The molecule has 0 bridgehead atoms. The zero-order valence-corrected chi connectivity index (χ0v) is 17.5. The Kier molecular flexibility index (Phi) is 6.21. The molecule has 31 heavy (non-hydrogen) atoms. The number of rotatable bonds is 7. The fourth-order valence-electron chi connectivity index (χ4n) is 3.28. The van der Waals surface area contributed by atoms with Crippen molar-refractivity contribution in [1.82, 2.24) is 14.8 Å². The molecule has 1 N–H and O–H groups in total. The second-order valence-corrected chi connectivity index (χ2v) is 8.42. The number of thioether (sulfide) groups is 1. The van der Waals surface area contributed by atoms with Crippen LogP contribution in [0.4, 0.5) is 24.8 Å². The van der Waals surface area contributed by atoms with E-state index in [9.17, 15) is 18.0 Å². The molecule has 3 heterocycles. The number of nitrogens with zero attached hydrogens (tertiary/aromatic N) is 4. The average Bonchev–Trinajstić information content (AvgIpc) is 3.52. The molecule has 0 radical (unpaired) electrons. The van der Waals surface area contributed by atoms with E-state index in [1.807, 2.05) is 10.6 Å². The van der Waals surface area contributed by atoms with Crippen molar-refractivity contribution < 1.29 is 22.4 Å². The van der Waals surface area contributed by atoms with Gasteiger partial charge in [-0.05, 0) is 44.0 Å². The molecular weight excluding hydrogens is 431 g/mol. The van der Waals surface area contributed by atoms with E-state index in [1.54, 1.807) is 19.3 Å². The summed E-state index contributed by atoms with van der Waals surface area (Å²) in [7, 11) is 0. The fraction of sp³-hybridized carbons (Fsp3) is 0.350. The molecule has 1 aliphatic heterocycles. The zero-order valence-electron chi connectivity index (χ0n) is 16.6. The van der Waals surface area contributed by atoms with Crippen LogP contribution in [0.2, 0.25) is 0 Å². The highest BCUT2D eigenvalue weighted by Crippen LogP contribution is 2.29. The van der Waals surface area contributed by atoms with Gasteiger partial charge < -0.3 is 14.6 Å². The van der Waals surface area contributed by atoms with Crippen LogP contribution in [0, 0.1) is 17.5 Å². The van der Waals surface area contributed by atoms with Crippen LogP contribution >= 0.6 is 11.8 Å². The molecule has 1 aromatic carbocycles. The maximum Gasteiger partial charge on any atom is 0.237 e. The second-order valence-electron chi connectivity index (χ2n) is 7.11. The van der Waals surface area contributed by atoms with Gasteiger partial charge in [0, 0.05) is 13.1 Å². The summed E-state index contributed by atoms with van der Waals surface area (Å²) in [6.07, 6.45) is 3.71. The Balaban J connectivity index is 1.52. The number of hydrogen-bond donors (Lipinski definition) is 1. The molecule has 2 aromatic heterocycles. The Labute approximate surface area is 180 Å². The lowest BCUT2D eigenvalue weighted by atomic mass is 10.2. The Bertz CT molecular complexity index is 1070. The van der Waals surface area contributed by atoms with Crippen molar-refractivity contribution in [3.05, 3.63) is 53.7 Å². The molecule has 3 aromatic rings. The third-order valence-corrected chi connectivity index (χ3v) is 6.01. The molecule has 0 spiro atoms. The molecule has 1 fully saturated rings. The summed E-state index contributed by atoms with van der Waals surface area (Å²) < 4.78 is 47.8. The lowest BCUT2D eigenvalue weighted by Gasteiger charge is -2.18. The maximum absolute atomic E-state index is 13.9. The summed E-state index contributed by atoms with van der Waals surface area (Å²) in [5.41, 5.74) is -0.425.